The highest BCUT2D eigenvalue weighted by atomic mass is 15.3. The number of likely N-dealkylation sites (tertiary alicyclic amines) is 1. The first-order valence-corrected chi connectivity index (χ1v) is 8.71. The van der Waals surface area contributed by atoms with Crippen LogP contribution in [0.4, 0.5) is 0 Å². The van der Waals surface area contributed by atoms with Crippen LogP contribution in [0, 0.1) is 11.8 Å². The highest BCUT2D eigenvalue weighted by Crippen LogP contribution is 2.33. The van der Waals surface area contributed by atoms with E-state index in [1.807, 2.05) is 0 Å². The lowest BCUT2D eigenvalue weighted by molar-refractivity contribution is 0.252. The van der Waals surface area contributed by atoms with E-state index >= 15 is 0 Å². The molecule has 1 saturated heterocycles. The van der Waals surface area contributed by atoms with Crippen molar-refractivity contribution in [2.24, 2.45) is 11.8 Å². The molecule has 1 N–H and O–H groups in total. The van der Waals surface area contributed by atoms with Crippen molar-refractivity contribution in [3.05, 3.63) is 0 Å². The quantitative estimate of drug-likeness (QED) is 0.818. The van der Waals surface area contributed by atoms with Crippen LogP contribution in [0.5, 0.6) is 0 Å². The molecule has 110 valence electrons. The zero-order valence-electron chi connectivity index (χ0n) is 12.9. The first-order valence-electron chi connectivity index (χ1n) is 8.71. The molecule has 2 heteroatoms. The second kappa shape index (κ2) is 6.13. The van der Waals surface area contributed by atoms with Crippen LogP contribution in [0.15, 0.2) is 0 Å². The molecule has 2 unspecified atom stereocenters. The average Bonchev–Trinajstić information content (AvgIpc) is 3.17. The Hall–Kier alpha value is -0.0800. The summed E-state index contributed by atoms with van der Waals surface area (Å²) in [6.07, 6.45) is 11.6. The molecule has 2 saturated carbocycles. The molecule has 2 nitrogen and oxygen atoms in total. The van der Waals surface area contributed by atoms with E-state index in [0.29, 0.717) is 0 Å². The van der Waals surface area contributed by atoms with Gasteiger partial charge in [-0.15, -0.1) is 0 Å². The van der Waals surface area contributed by atoms with Crippen LogP contribution in [0.1, 0.15) is 65.2 Å². The monoisotopic (exact) mass is 264 g/mol. The maximum Gasteiger partial charge on any atom is 0.0210 e. The van der Waals surface area contributed by atoms with E-state index in [1.54, 1.807) is 0 Å². The van der Waals surface area contributed by atoms with Crippen molar-refractivity contribution in [3.8, 4) is 0 Å². The molecule has 1 aliphatic heterocycles. The molecule has 2 aliphatic carbocycles. The van der Waals surface area contributed by atoms with Gasteiger partial charge in [0, 0.05) is 24.7 Å². The van der Waals surface area contributed by atoms with Crippen LogP contribution in [-0.2, 0) is 0 Å². The van der Waals surface area contributed by atoms with Gasteiger partial charge < -0.3 is 5.32 Å². The van der Waals surface area contributed by atoms with Crippen molar-refractivity contribution in [1.29, 1.82) is 0 Å². The van der Waals surface area contributed by atoms with E-state index in [0.717, 1.165) is 30.0 Å². The normalized spacial score (nSPS) is 40.7. The number of rotatable bonds is 5. The summed E-state index contributed by atoms with van der Waals surface area (Å²) in [5, 5.41) is 3.84. The predicted octanol–water partition coefficient (Wildman–Crippen LogP) is 3.42. The van der Waals surface area contributed by atoms with Crippen LogP contribution >= 0.6 is 0 Å². The van der Waals surface area contributed by atoms with Crippen molar-refractivity contribution in [3.63, 3.8) is 0 Å². The van der Waals surface area contributed by atoms with Crippen LogP contribution < -0.4 is 5.32 Å². The molecule has 0 aromatic heterocycles. The molecule has 0 spiro atoms. The van der Waals surface area contributed by atoms with Crippen molar-refractivity contribution < 1.29 is 0 Å². The van der Waals surface area contributed by atoms with Gasteiger partial charge in [-0.25, -0.2) is 0 Å². The lowest BCUT2D eigenvalue weighted by Crippen LogP contribution is -2.35. The summed E-state index contributed by atoms with van der Waals surface area (Å²) in [7, 11) is 0. The van der Waals surface area contributed by atoms with Crippen LogP contribution in [-0.4, -0.2) is 36.1 Å². The smallest absolute Gasteiger partial charge is 0.0210 e. The Morgan fingerprint density at radius 3 is 2.42 bits per heavy atom. The third-order valence-corrected chi connectivity index (χ3v) is 5.76. The molecule has 3 fully saturated rings. The van der Waals surface area contributed by atoms with Gasteiger partial charge in [-0.1, -0.05) is 32.6 Å². The Bertz CT molecular complexity index is 279. The van der Waals surface area contributed by atoms with Gasteiger partial charge in [0.2, 0.25) is 0 Å². The maximum atomic E-state index is 3.84. The van der Waals surface area contributed by atoms with Gasteiger partial charge in [0.1, 0.15) is 0 Å². The third-order valence-electron chi connectivity index (χ3n) is 5.76. The Morgan fingerprint density at radius 2 is 1.74 bits per heavy atom. The third kappa shape index (κ3) is 3.72. The van der Waals surface area contributed by atoms with Crippen molar-refractivity contribution in [1.82, 2.24) is 10.2 Å². The van der Waals surface area contributed by atoms with Gasteiger partial charge in [0.25, 0.3) is 0 Å². The van der Waals surface area contributed by atoms with E-state index in [4.69, 9.17) is 0 Å². The maximum absolute atomic E-state index is 3.84. The van der Waals surface area contributed by atoms with E-state index in [-0.39, 0.29) is 0 Å². The van der Waals surface area contributed by atoms with Crippen molar-refractivity contribution in [2.45, 2.75) is 83.3 Å². The zero-order chi connectivity index (χ0) is 13.2. The molecule has 3 rings (SSSR count). The molecule has 0 aromatic rings. The van der Waals surface area contributed by atoms with Crippen molar-refractivity contribution >= 4 is 0 Å². The molecule has 0 aromatic carbocycles. The fourth-order valence-corrected chi connectivity index (χ4v) is 4.23. The average molecular weight is 264 g/mol. The second-order valence-corrected chi connectivity index (χ2v) is 7.58. The van der Waals surface area contributed by atoms with Gasteiger partial charge in [-0.2, -0.15) is 0 Å². The molecule has 2 atom stereocenters. The summed E-state index contributed by atoms with van der Waals surface area (Å²) in [4.78, 5) is 2.75. The van der Waals surface area contributed by atoms with Crippen molar-refractivity contribution in [2.75, 3.05) is 13.1 Å². The minimum Gasteiger partial charge on any atom is -0.313 e. The number of nitrogens with zero attached hydrogens (tertiary/aromatic N) is 1. The molecular weight excluding hydrogens is 232 g/mol. The lowest BCUT2D eigenvalue weighted by atomic mass is 9.81. The first kappa shape index (κ1) is 13.9. The van der Waals surface area contributed by atoms with Gasteiger partial charge in [0.15, 0.2) is 0 Å². The number of nitrogens with one attached hydrogen (secondary N) is 1. The number of hydrogen-bond acceptors (Lipinski definition) is 2. The van der Waals surface area contributed by atoms with Gasteiger partial charge in [0.05, 0.1) is 0 Å². The molecule has 3 aliphatic rings. The van der Waals surface area contributed by atoms with E-state index in [2.05, 4.69) is 24.1 Å². The second-order valence-electron chi connectivity index (χ2n) is 7.58. The molecule has 19 heavy (non-hydrogen) atoms. The Balaban J connectivity index is 1.32. The van der Waals surface area contributed by atoms with Gasteiger partial charge >= 0.3 is 0 Å². The topological polar surface area (TPSA) is 15.3 Å². The summed E-state index contributed by atoms with van der Waals surface area (Å²) in [6.45, 7) is 7.41. The fraction of sp³-hybridized carbons (Fsp3) is 1.00. The fourth-order valence-electron chi connectivity index (χ4n) is 4.23. The SMILES string of the molecule is CC1CCC(CCNC2CC(C)N(C3CC3)C2)CC1. The summed E-state index contributed by atoms with van der Waals surface area (Å²) in [5.41, 5.74) is 0. The highest BCUT2D eigenvalue weighted by Gasteiger charge is 2.38. The first-order chi connectivity index (χ1) is 9.22. The molecule has 0 amide bonds. The Kier molecular flexibility index (Phi) is 4.48. The van der Waals surface area contributed by atoms with E-state index in [9.17, 15) is 0 Å². The predicted molar refractivity (Wildman–Crippen MR) is 81.3 cm³/mol. The van der Waals surface area contributed by atoms with Gasteiger partial charge in [-0.3, -0.25) is 4.90 Å². The molecule has 0 bridgehead atoms. The summed E-state index contributed by atoms with van der Waals surface area (Å²) >= 11 is 0. The summed E-state index contributed by atoms with van der Waals surface area (Å²) in [5.74, 6) is 2.01. The minimum absolute atomic E-state index is 0.776. The Morgan fingerprint density at radius 1 is 1.00 bits per heavy atom. The van der Waals surface area contributed by atoms with Gasteiger partial charge in [-0.05, 0) is 51.0 Å². The minimum atomic E-state index is 0.776. The lowest BCUT2D eigenvalue weighted by Gasteiger charge is -2.26. The summed E-state index contributed by atoms with van der Waals surface area (Å²) < 4.78 is 0. The zero-order valence-corrected chi connectivity index (χ0v) is 12.9. The van der Waals surface area contributed by atoms with E-state index in [1.165, 1.54) is 64.5 Å². The van der Waals surface area contributed by atoms with Crippen LogP contribution in [0.25, 0.3) is 0 Å². The largest absolute Gasteiger partial charge is 0.313 e. The van der Waals surface area contributed by atoms with E-state index < -0.39 is 0 Å². The summed E-state index contributed by atoms with van der Waals surface area (Å²) in [6, 6.07) is 2.54. The molecule has 1 heterocycles. The van der Waals surface area contributed by atoms with Crippen LogP contribution in [0.3, 0.4) is 0 Å². The van der Waals surface area contributed by atoms with Crippen LogP contribution in [0.2, 0.25) is 0 Å². The molecule has 0 radical (unpaired) electrons. The number of hydrogen-bond donors (Lipinski definition) is 1. The standard InChI is InChI=1S/C17H32N2/c1-13-3-5-15(6-4-13)9-10-18-16-11-14(2)19(12-16)17-7-8-17/h13-18H,3-12H2,1-2H3. The Labute approximate surface area is 119 Å². The molecular formula is C17H32N2. The highest BCUT2D eigenvalue weighted by molar-refractivity contribution is 4.95.